The molecule has 2 N–H and O–H groups in total. The Labute approximate surface area is 223 Å². The van der Waals surface area contributed by atoms with Crippen molar-refractivity contribution in [3.05, 3.63) is 107 Å². The van der Waals surface area contributed by atoms with Crippen molar-refractivity contribution < 1.29 is 19.8 Å². The lowest BCUT2D eigenvalue weighted by Crippen LogP contribution is -2.32. The standard InChI is InChI=1S/C30H25N5O4/c1-33-25-17-21(30(38)39)8-10-23(25)27(29(33)37)28(19-6-3-2-4-7-19)32-22-9-11-24-20(16-22)12-15-35(24)26(36)18-34-14-5-13-31-34/h2-11,13-14,16-17,37H,12,15,18H2,1H3,(H,38,39). The number of hydrogen-bond donors (Lipinski definition) is 2. The van der Waals surface area contributed by atoms with E-state index < -0.39 is 5.97 Å². The van der Waals surface area contributed by atoms with E-state index in [-0.39, 0.29) is 23.9 Å². The van der Waals surface area contributed by atoms with E-state index in [1.165, 1.54) is 6.07 Å². The number of carbonyl (C=O) groups excluding carboxylic acids is 1. The van der Waals surface area contributed by atoms with Crippen molar-refractivity contribution in [2.45, 2.75) is 13.0 Å². The molecular formula is C30H25N5O4. The molecule has 194 valence electrons. The third-order valence-corrected chi connectivity index (χ3v) is 7.06. The normalized spacial score (nSPS) is 13.2. The Morgan fingerprint density at radius 3 is 2.56 bits per heavy atom. The maximum absolute atomic E-state index is 12.9. The molecule has 9 heteroatoms. The second kappa shape index (κ2) is 9.60. The van der Waals surface area contributed by atoms with Gasteiger partial charge in [0.15, 0.2) is 0 Å². The number of benzene rings is 3. The number of carboxylic acid groups (broad SMARTS) is 1. The van der Waals surface area contributed by atoms with Crippen molar-refractivity contribution in [3.8, 4) is 5.88 Å². The van der Waals surface area contributed by atoms with Gasteiger partial charge in [-0.05, 0) is 48.4 Å². The number of carboxylic acids is 1. The van der Waals surface area contributed by atoms with Crippen molar-refractivity contribution in [3.63, 3.8) is 0 Å². The molecule has 5 aromatic rings. The largest absolute Gasteiger partial charge is 0.494 e. The number of anilines is 1. The maximum atomic E-state index is 12.9. The van der Waals surface area contributed by atoms with Gasteiger partial charge in [0.25, 0.3) is 0 Å². The summed E-state index contributed by atoms with van der Waals surface area (Å²) in [6, 6.07) is 21.9. The summed E-state index contributed by atoms with van der Waals surface area (Å²) in [6.45, 7) is 0.763. The second-order valence-corrected chi connectivity index (χ2v) is 9.43. The molecule has 9 nitrogen and oxygen atoms in total. The molecule has 0 fully saturated rings. The molecule has 1 aliphatic heterocycles. The van der Waals surface area contributed by atoms with Crippen molar-refractivity contribution in [1.82, 2.24) is 14.3 Å². The molecule has 0 spiro atoms. The molecule has 2 aromatic heterocycles. The fourth-order valence-corrected chi connectivity index (χ4v) is 5.11. The number of aromatic carboxylic acids is 1. The fourth-order valence-electron chi connectivity index (χ4n) is 5.11. The van der Waals surface area contributed by atoms with E-state index in [0.29, 0.717) is 40.8 Å². The van der Waals surface area contributed by atoms with Gasteiger partial charge in [0.05, 0.1) is 28.0 Å². The lowest BCUT2D eigenvalue weighted by molar-refractivity contribution is -0.119. The molecular weight excluding hydrogens is 494 g/mol. The predicted octanol–water partition coefficient (Wildman–Crippen LogP) is 4.54. The number of carbonyl (C=O) groups is 2. The van der Waals surface area contributed by atoms with Crippen LogP contribution in [-0.4, -0.2) is 48.7 Å². The highest BCUT2D eigenvalue weighted by molar-refractivity contribution is 6.22. The molecule has 0 atom stereocenters. The van der Waals surface area contributed by atoms with Crippen molar-refractivity contribution in [2.24, 2.45) is 12.0 Å². The highest BCUT2D eigenvalue weighted by atomic mass is 16.4. The molecule has 0 saturated heterocycles. The van der Waals surface area contributed by atoms with Crippen LogP contribution in [0.2, 0.25) is 0 Å². The summed E-state index contributed by atoms with van der Waals surface area (Å²) in [5.74, 6) is -1.07. The van der Waals surface area contributed by atoms with Gasteiger partial charge in [0.1, 0.15) is 6.54 Å². The first-order valence-corrected chi connectivity index (χ1v) is 12.5. The first-order valence-electron chi connectivity index (χ1n) is 12.5. The zero-order chi connectivity index (χ0) is 27.1. The Balaban J connectivity index is 1.43. The molecule has 0 saturated carbocycles. The van der Waals surface area contributed by atoms with E-state index in [1.807, 2.05) is 48.5 Å². The average Bonchev–Trinajstić information content (AvgIpc) is 3.67. The van der Waals surface area contributed by atoms with Gasteiger partial charge < -0.3 is 19.7 Å². The van der Waals surface area contributed by atoms with Crippen LogP contribution >= 0.6 is 0 Å². The van der Waals surface area contributed by atoms with Gasteiger partial charge >= 0.3 is 5.97 Å². The summed E-state index contributed by atoms with van der Waals surface area (Å²) in [5.41, 5.74) is 5.18. The zero-order valence-electron chi connectivity index (χ0n) is 21.2. The summed E-state index contributed by atoms with van der Waals surface area (Å²) in [5, 5.41) is 25.5. The van der Waals surface area contributed by atoms with E-state index in [4.69, 9.17) is 4.99 Å². The third-order valence-electron chi connectivity index (χ3n) is 7.06. The Kier molecular flexibility index (Phi) is 5.95. The van der Waals surface area contributed by atoms with Crippen molar-refractivity contribution in [2.75, 3.05) is 11.4 Å². The Bertz CT molecular complexity index is 1750. The van der Waals surface area contributed by atoms with Crippen LogP contribution in [0.25, 0.3) is 10.9 Å². The quantitative estimate of drug-likeness (QED) is 0.320. The minimum Gasteiger partial charge on any atom is -0.494 e. The molecule has 0 bridgehead atoms. The zero-order valence-corrected chi connectivity index (χ0v) is 21.2. The fraction of sp³-hybridized carbons (Fsp3) is 0.133. The number of aromatic hydroxyl groups is 1. The molecule has 1 amide bonds. The van der Waals surface area contributed by atoms with Gasteiger partial charge in [-0.1, -0.05) is 36.4 Å². The van der Waals surface area contributed by atoms with E-state index in [9.17, 15) is 19.8 Å². The first kappa shape index (κ1) is 24.2. The Morgan fingerprint density at radius 2 is 1.82 bits per heavy atom. The van der Waals surface area contributed by atoms with Crippen molar-refractivity contribution in [1.29, 1.82) is 0 Å². The van der Waals surface area contributed by atoms with Gasteiger partial charge in [-0.15, -0.1) is 0 Å². The third kappa shape index (κ3) is 4.33. The molecule has 3 aromatic carbocycles. The molecule has 6 rings (SSSR count). The number of aryl methyl sites for hydroxylation is 1. The summed E-state index contributed by atoms with van der Waals surface area (Å²) in [7, 11) is 1.69. The summed E-state index contributed by atoms with van der Waals surface area (Å²) in [6.07, 6.45) is 4.13. The van der Waals surface area contributed by atoms with Crippen LogP contribution in [-0.2, 0) is 24.8 Å². The van der Waals surface area contributed by atoms with Crippen LogP contribution in [0.3, 0.4) is 0 Å². The van der Waals surface area contributed by atoms with Crippen molar-refractivity contribution >= 4 is 39.9 Å². The minimum absolute atomic E-state index is 0.00769. The minimum atomic E-state index is -1.04. The number of fused-ring (bicyclic) bond motifs is 2. The Hall–Kier alpha value is -5.18. The number of amides is 1. The summed E-state index contributed by atoms with van der Waals surface area (Å²) < 4.78 is 3.18. The smallest absolute Gasteiger partial charge is 0.335 e. The number of aromatic nitrogens is 3. The molecule has 0 aliphatic carbocycles. The lowest BCUT2D eigenvalue weighted by atomic mass is 10.00. The lowest BCUT2D eigenvalue weighted by Gasteiger charge is -2.17. The first-order chi connectivity index (χ1) is 18.9. The highest BCUT2D eigenvalue weighted by Crippen LogP contribution is 2.36. The van der Waals surface area contributed by atoms with E-state index in [0.717, 1.165) is 16.8 Å². The molecule has 3 heterocycles. The molecule has 39 heavy (non-hydrogen) atoms. The summed E-state index contributed by atoms with van der Waals surface area (Å²) >= 11 is 0. The van der Waals surface area contributed by atoms with Gasteiger partial charge in [0, 0.05) is 42.6 Å². The summed E-state index contributed by atoms with van der Waals surface area (Å²) in [4.78, 5) is 31.2. The second-order valence-electron chi connectivity index (χ2n) is 9.43. The van der Waals surface area contributed by atoms with Gasteiger partial charge in [-0.3, -0.25) is 9.48 Å². The van der Waals surface area contributed by atoms with Gasteiger partial charge in [-0.25, -0.2) is 9.79 Å². The van der Waals surface area contributed by atoms with Gasteiger partial charge in [0.2, 0.25) is 11.8 Å². The van der Waals surface area contributed by atoms with Crippen LogP contribution in [0.15, 0.2) is 90.2 Å². The Morgan fingerprint density at radius 1 is 1.00 bits per heavy atom. The topological polar surface area (TPSA) is 113 Å². The number of nitrogens with zero attached hydrogens (tertiary/aromatic N) is 5. The average molecular weight is 520 g/mol. The molecule has 1 aliphatic rings. The van der Waals surface area contributed by atoms with E-state index in [2.05, 4.69) is 5.10 Å². The number of aliphatic imine (C=N–C) groups is 1. The van der Waals surface area contributed by atoms with Crippen LogP contribution in [0, 0.1) is 0 Å². The van der Waals surface area contributed by atoms with E-state index >= 15 is 0 Å². The molecule has 0 unspecified atom stereocenters. The van der Waals surface area contributed by atoms with Crippen LogP contribution in [0.4, 0.5) is 11.4 Å². The van der Waals surface area contributed by atoms with Crippen LogP contribution in [0.1, 0.15) is 27.0 Å². The number of rotatable bonds is 6. The predicted molar refractivity (Wildman–Crippen MR) is 148 cm³/mol. The highest BCUT2D eigenvalue weighted by Gasteiger charge is 2.26. The molecule has 0 radical (unpaired) electrons. The number of hydrogen-bond acceptors (Lipinski definition) is 5. The van der Waals surface area contributed by atoms with Crippen LogP contribution in [0.5, 0.6) is 5.88 Å². The van der Waals surface area contributed by atoms with Gasteiger partial charge in [-0.2, -0.15) is 5.10 Å². The van der Waals surface area contributed by atoms with Crippen LogP contribution < -0.4 is 4.90 Å². The SMILES string of the molecule is Cn1c(O)c(C(=Nc2ccc3c(c2)CCN3C(=O)Cn2cccn2)c2ccccc2)c2ccc(C(=O)O)cc21. The monoisotopic (exact) mass is 519 g/mol. The maximum Gasteiger partial charge on any atom is 0.335 e. The van der Waals surface area contributed by atoms with E-state index in [1.54, 1.807) is 51.8 Å².